The normalized spacial score (nSPS) is 21.7. The van der Waals surface area contributed by atoms with Gasteiger partial charge in [0.1, 0.15) is 11.5 Å². The van der Waals surface area contributed by atoms with Crippen molar-refractivity contribution in [3.05, 3.63) is 53.1 Å². The van der Waals surface area contributed by atoms with Crippen LogP contribution in [0.1, 0.15) is 87.5 Å². The zero-order chi connectivity index (χ0) is 20.4. The van der Waals surface area contributed by atoms with Crippen LogP contribution in [-0.4, -0.2) is 39.2 Å². The third-order valence-corrected chi connectivity index (χ3v) is 6.17. The van der Waals surface area contributed by atoms with Crippen LogP contribution in [0, 0.1) is 0 Å². The minimum Gasteiger partial charge on any atom is -0.339 e. The minimum absolute atomic E-state index is 0.105. The average molecular weight is 393 g/mol. The lowest BCUT2D eigenvalue weighted by Crippen LogP contribution is -2.44. The summed E-state index contributed by atoms with van der Waals surface area (Å²) in [6.07, 6.45) is 6.15. The van der Waals surface area contributed by atoms with Crippen LogP contribution in [0.15, 0.2) is 35.3 Å². The second-order valence-corrected chi connectivity index (χ2v) is 8.51. The number of nitrogens with zero attached hydrogens (tertiary/aromatic N) is 3. The van der Waals surface area contributed by atoms with Crippen LogP contribution in [0.5, 0.6) is 0 Å². The van der Waals surface area contributed by atoms with E-state index in [1.165, 1.54) is 18.4 Å². The van der Waals surface area contributed by atoms with Crippen LogP contribution in [0.4, 0.5) is 0 Å². The molecule has 0 saturated heterocycles. The lowest BCUT2D eigenvalue weighted by molar-refractivity contribution is -0.129. The van der Waals surface area contributed by atoms with Crippen LogP contribution in [0.25, 0.3) is 0 Å². The molecule has 0 radical (unpaired) electrons. The number of amidine groups is 1. The van der Waals surface area contributed by atoms with Gasteiger partial charge < -0.3 is 4.98 Å². The van der Waals surface area contributed by atoms with Crippen molar-refractivity contribution >= 4 is 11.7 Å². The highest BCUT2D eigenvalue weighted by molar-refractivity contribution is 6.13. The summed E-state index contributed by atoms with van der Waals surface area (Å²) in [6.45, 7) is 7.25. The number of hydrogen-bond donors (Lipinski definition) is 1. The van der Waals surface area contributed by atoms with Crippen LogP contribution < -0.4 is 0 Å². The number of unbranched alkanes of at least 4 members (excludes halogenated alkanes) is 1. The molecule has 2 unspecified atom stereocenters. The Morgan fingerprint density at radius 1 is 1.21 bits per heavy atom. The molecule has 2 aliphatic heterocycles. The molecule has 0 aliphatic carbocycles. The van der Waals surface area contributed by atoms with Crippen molar-refractivity contribution in [1.82, 2.24) is 14.9 Å². The second-order valence-electron chi connectivity index (χ2n) is 8.51. The largest absolute Gasteiger partial charge is 0.339 e. The van der Waals surface area contributed by atoms with Gasteiger partial charge in [0, 0.05) is 5.92 Å². The fraction of sp³-hybridized carbons (Fsp3) is 0.542. The topological polar surface area (TPSA) is 61.4 Å². The van der Waals surface area contributed by atoms with Gasteiger partial charge >= 0.3 is 0 Å². The highest BCUT2D eigenvalue weighted by Gasteiger charge is 2.43. The minimum atomic E-state index is -0.146. The summed E-state index contributed by atoms with van der Waals surface area (Å²) in [5, 5.41) is 0. The first-order chi connectivity index (χ1) is 14.1. The molecule has 0 fully saturated rings. The first kappa shape index (κ1) is 19.9. The van der Waals surface area contributed by atoms with Crippen LogP contribution in [-0.2, 0) is 11.2 Å². The molecule has 0 spiro atoms. The van der Waals surface area contributed by atoms with E-state index in [0.29, 0.717) is 12.5 Å². The number of benzene rings is 1. The predicted octanol–water partition coefficient (Wildman–Crippen LogP) is 4.80. The number of H-pyrrole nitrogens is 1. The van der Waals surface area contributed by atoms with Crippen LogP contribution >= 0.6 is 0 Å². The van der Waals surface area contributed by atoms with Gasteiger partial charge in [-0.2, -0.15) is 0 Å². The molecular weight excluding hydrogens is 360 g/mol. The molecule has 4 rings (SSSR count). The van der Waals surface area contributed by atoms with Crippen molar-refractivity contribution in [2.24, 2.45) is 4.99 Å². The number of amides is 1. The fourth-order valence-corrected chi connectivity index (χ4v) is 4.53. The average Bonchev–Trinajstić information content (AvgIpc) is 3.35. The number of carbonyl (C=O) groups excluding carboxylic acids is 1. The third-order valence-electron chi connectivity index (χ3n) is 6.17. The van der Waals surface area contributed by atoms with E-state index in [9.17, 15) is 4.79 Å². The molecule has 154 valence electrons. The number of aromatic nitrogens is 2. The highest BCUT2D eigenvalue weighted by atomic mass is 16.2. The van der Waals surface area contributed by atoms with Gasteiger partial charge in [-0.25, -0.2) is 4.98 Å². The van der Waals surface area contributed by atoms with Gasteiger partial charge in [0.2, 0.25) is 5.91 Å². The van der Waals surface area contributed by atoms with E-state index in [4.69, 9.17) is 9.98 Å². The maximum Gasteiger partial charge on any atom is 0.237 e. The lowest BCUT2D eigenvalue weighted by atomic mass is 9.92. The van der Waals surface area contributed by atoms with Crippen molar-refractivity contribution in [3.8, 4) is 0 Å². The van der Waals surface area contributed by atoms with Gasteiger partial charge in [0.15, 0.2) is 5.84 Å². The molecule has 29 heavy (non-hydrogen) atoms. The molecule has 5 heteroatoms. The third kappa shape index (κ3) is 3.87. The maximum absolute atomic E-state index is 13.3. The van der Waals surface area contributed by atoms with E-state index in [-0.39, 0.29) is 17.9 Å². The quantitative estimate of drug-likeness (QED) is 0.701. The van der Waals surface area contributed by atoms with Crippen molar-refractivity contribution in [2.75, 3.05) is 6.54 Å². The first-order valence-corrected chi connectivity index (χ1v) is 11.2. The highest BCUT2D eigenvalue weighted by Crippen LogP contribution is 2.36. The number of fused-ring (bicyclic) bond motifs is 3. The van der Waals surface area contributed by atoms with Crippen molar-refractivity contribution in [1.29, 1.82) is 0 Å². The van der Waals surface area contributed by atoms with E-state index in [1.807, 2.05) is 11.0 Å². The van der Waals surface area contributed by atoms with Gasteiger partial charge in [-0.05, 0) is 24.8 Å². The zero-order valence-corrected chi connectivity index (χ0v) is 17.8. The number of rotatable bonds is 8. The fourth-order valence-electron chi connectivity index (χ4n) is 4.53. The Labute approximate surface area is 173 Å². The smallest absolute Gasteiger partial charge is 0.237 e. The molecule has 1 aromatic carbocycles. The summed E-state index contributed by atoms with van der Waals surface area (Å²) in [7, 11) is 0. The molecule has 2 aromatic rings. The SMILES string of the molecule is CCCCC(C)c1nc2c([nH]1)C1=N[C@H](Cc3ccccc3)CN1C(=O)C2CCC. The standard InChI is InChI=1S/C24H32N4O/c1-4-6-11-16(3)22-26-20-19(10-5-2)24(29)28-15-18(25-23(28)21(20)27-22)14-17-12-8-7-9-13-17/h7-9,12-13,16,18-19H,4-6,10-11,14-15H2,1-3H3,(H,26,27)/t16?,18-,19?/m1/s1. The summed E-state index contributed by atoms with van der Waals surface area (Å²) in [4.78, 5) is 28.7. The van der Waals surface area contributed by atoms with Crippen molar-refractivity contribution in [2.45, 2.75) is 77.2 Å². The number of hydrogen-bond acceptors (Lipinski definition) is 3. The van der Waals surface area contributed by atoms with E-state index in [0.717, 1.165) is 48.7 Å². The van der Waals surface area contributed by atoms with Gasteiger partial charge in [-0.1, -0.05) is 70.4 Å². The van der Waals surface area contributed by atoms with Gasteiger partial charge in [-0.15, -0.1) is 0 Å². The molecule has 1 aromatic heterocycles. The molecular formula is C24H32N4O. The summed E-state index contributed by atoms with van der Waals surface area (Å²) in [5.41, 5.74) is 3.17. The monoisotopic (exact) mass is 392 g/mol. The number of nitrogens with one attached hydrogen (secondary N) is 1. The Balaban J connectivity index is 1.65. The van der Waals surface area contributed by atoms with Gasteiger partial charge in [0.25, 0.3) is 0 Å². The van der Waals surface area contributed by atoms with Crippen molar-refractivity contribution in [3.63, 3.8) is 0 Å². The molecule has 2 aliphatic rings. The number of imidazole rings is 1. The molecule has 0 saturated carbocycles. The summed E-state index contributed by atoms with van der Waals surface area (Å²) in [6, 6.07) is 10.5. The van der Waals surface area contributed by atoms with Crippen LogP contribution in [0.2, 0.25) is 0 Å². The molecule has 1 N–H and O–H groups in total. The summed E-state index contributed by atoms with van der Waals surface area (Å²) in [5.74, 6) is 2.21. The first-order valence-electron chi connectivity index (χ1n) is 11.2. The Hall–Kier alpha value is -2.43. The Morgan fingerprint density at radius 2 is 2.00 bits per heavy atom. The van der Waals surface area contributed by atoms with E-state index in [2.05, 4.69) is 50.0 Å². The van der Waals surface area contributed by atoms with Crippen molar-refractivity contribution < 1.29 is 4.79 Å². The number of aliphatic imine (C=N–C) groups is 1. The Kier molecular flexibility index (Phi) is 5.84. The number of aromatic amines is 1. The van der Waals surface area contributed by atoms with E-state index < -0.39 is 0 Å². The van der Waals surface area contributed by atoms with E-state index in [1.54, 1.807) is 0 Å². The molecule has 5 nitrogen and oxygen atoms in total. The molecule has 3 heterocycles. The van der Waals surface area contributed by atoms with Gasteiger partial charge in [-0.3, -0.25) is 14.7 Å². The Bertz CT molecular complexity index is 886. The Morgan fingerprint density at radius 3 is 2.72 bits per heavy atom. The molecule has 1 amide bonds. The van der Waals surface area contributed by atoms with E-state index >= 15 is 0 Å². The molecule has 0 bridgehead atoms. The summed E-state index contributed by atoms with van der Waals surface area (Å²) >= 11 is 0. The molecule has 3 atom stereocenters. The predicted molar refractivity (Wildman–Crippen MR) is 116 cm³/mol. The van der Waals surface area contributed by atoms with Gasteiger partial charge in [0.05, 0.1) is 24.2 Å². The second kappa shape index (κ2) is 8.52. The number of carbonyl (C=O) groups is 1. The maximum atomic E-state index is 13.3. The lowest BCUT2D eigenvalue weighted by Gasteiger charge is -2.29. The zero-order valence-electron chi connectivity index (χ0n) is 17.8. The summed E-state index contributed by atoms with van der Waals surface area (Å²) < 4.78 is 0. The van der Waals surface area contributed by atoms with Crippen LogP contribution in [0.3, 0.4) is 0 Å².